The minimum atomic E-state index is -0.227. The number of hydrogen-bond acceptors (Lipinski definition) is 4. The van der Waals surface area contributed by atoms with E-state index in [0.29, 0.717) is 32.9 Å². The molecule has 2 rings (SSSR count). The van der Waals surface area contributed by atoms with Crippen molar-refractivity contribution in [1.82, 2.24) is 0 Å². The van der Waals surface area contributed by atoms with Crippen LogP contribution in [0.25, 0.3) is 0 Å². The summed E-state index contributed by atoms with van der Waals surface area (Å²) in [6, 6.07) is 6.99. The third-order valence-electron chi connectivity index (χ3n) is 3.67. The van der Waals surface area contributed by atoms with E-state index < -0.39 is 0 Å². The number of halogens is 2. The van der Waals surface area contributed by atoms with Crippen LogP contribution in [-0.2, 0) is 4.79 Å². The Kier molecular flexibility index (Phi) is 6.39. The molecule has 1 amide bonds. The molecule has 5 nitrogen and oxygen atoms in total. The molecule has 7 heteroatoms. The predicted octanol–water partition coefficient (Wildman–Crippen LogP) is 4.68. The Balaban J connectivity index is 2.09. The van der Waals surface area contributed by atoms with Crippen molar-refractivity contribution < 1.29 is 14.3 Å². The molecule has 25 heavy (non-hydrogen) atoms. The van der Waals surface area contributed by atoms with Gasteiger partial charge in [-0.3, -0.25) is 4.79 Å². The van der Waals surface area contributed by atoms with Gasteiger partial charge in [-0.05, 0) is 37.1 Å². The van der Waals surface area contributed by atoms with Crippen molar-refractivity contribution in [2.24, 2.45) is 0 Å². The molecule has 0 saturated carbocycles. The molecule has 0 aliphatic rings. The normalized spacial score (nSPS) is 10.3. The first-order valence-electron chi connectivity index (χ1n) is 7.57. The largest absolute Gasteiger partial charge is 0.495 e. The highest BCUT2D eigenvalue weighted by atomic mass is 35.5. The van der Waals surface area contributed by atoms with Gasteiger partial charge in [0.2, 0.25) is 5.91 Å². The number of amides is 1. The van der Waals surface area contributed by atoms with Gasteiger partial charge in [0.05, 0.1) is 32.1 Å². The van der Waals surface area contributed by atoms with Crippen molar-refractivity contribution in [3.8, 4) is 11.5 Å². The second-order valence-corrected chi connectivity index (χ2v) is 6.32. The summed E-state index contributed by atoms with van der Waals surface area (Å²) < 4.78 is 10.5. The Bertz CT molecular complexity index is 794. The first-order chi connectivity index (χ1) is 11.8. The van der Waals surface area contributed by atoms with Gasteiger partial charge >= 0.3 is 0 Å². The van der Waals surface area contributed by atoms with E-state index in [-0.39, 0.29) is 12.5 Å². The van der Waals surface area contributed by atoms with Gasteiger partial charge in [-0.1, -0.05) is 23.2 Å². The fourth-order valence-electron chi connectivity index (χ4n) is 2.27. The van der Waals surface area contributed by atoms with E-state index in [9.17, 15) is 4.79 Å². The lowest BCUT2D eigenvalue weighted by molar-refractivity contribution is -0.114. The second-order valence-electron chi connectivity index (χ2n) is 5.51. The third-order valence-corrected chi connectivity index (χ3v) is 4.49. The van der Waals surface area contributed by atoms with Crippen molar-refractivity contribution in [3.05, 3.63) is 45.4 Å². The lowest BCUT2D eigenvalue weighted by Crippen LogP contribution is -2.22. The molecular weight excluding hydrogens is 363 g/mol. The van der Waals surface area contributed by atoms with Gasteiger partial charge in [0.25, 0.3) is 0 Å². The molecule has 0 spiro atoms. The van der Waals surface area contributed by atoms with Crippen LogP contribution in [-0.4, -0.2) is 26.7 Å². The van der Waals surface area contributed by atoms with Crippen molar-refractivity contribution >= 4 is 40.5 Å². The van der Waals surface area contributed by atoms with Gasteiger partial charge in [-0.2, -0.15) is 0 Å². The van der Waals surface area contributed by atoms with Crippen molar-refractivity contribution in [1.29, 1.82) is 0 Å². The second kappa shape index (κ2) is 8.32. The van der Waals surface area contributed by atoms with E-state index >= 15 is 0 Å². The quantitative estimate of drug-likeness (QED) is 0.761. The Morgan fingerprint density at radius 2 is 1.40 bits per heavy atom. The Morgan fingerprint density at radius 3 is 1.92 bits per heavy atom. The summed E-state index contributed by atoms with van der Waals surface area (Å²) in [6.07, 6.45) is 0. The molecule has 0 aliphatic heterocycles. The smallest absolute Gasteiger partial charge is 0.243 e. The lowest BCUT2D eigenvalue weighted by atomic mass is 10.2. The molecule has 0 aromatic heterocycles. The molecule has 2 N–H and O–H groups in total. The van der Waals surface area contributed by atoms with Crippen LogP contribution in [0.1, 0.15) is 11.1 Å². The molecule has 0 fully saturated rings. The first kappa shape index (κ1) is 19.2. The van der Waals surface area contributed by atoms with Gasteiger partial charge in [-0.15, -0.1) is 0 Å². The number of hydrogen-bond donors (Lipinski definition) is 2. The maximum atomic E-state index is 12.3. The summed E-state index contributed by atoms with van der Waals surface area (Å²) >= 11 is 12.2. The molecule has 2 aromatic carbocycles. The molecule has 0 radical (unpaired) electrons. The topological polar surface area (TPSA) is 59.6 Å². The summed E-state index contributed by atoms with van der Waals surface area (Å²) in [5.41, 5.74) is 3.00. The summed E-state index contributed by atoms with van der Waals surface area (Å²) in [5, 5.41) is 7.05. The highest BCUT2D eigenvalue weighted by Crippen LogP contribution is 2.32. The summed E-state index contributed by atoms with van der Waals surface area (Å²) in [7, 11) is 3.07. The number of nitrogens with one attached hydrogen (secondary N) is 2. The highest BCUT2D eigenvalue weighted by Gasteiger charge is 2.12. The lowest BCUT2D eigenvalue weighted by Gasteiger charge is -2.15. The molecule has 0 heterocycles. The number of ether oxygens (including phenoxy) is 2. The molecule has 0 unspecified atom stereocenters. The number of carbonyl (C=O) groups is 1. The van der Waals surface area contributed by atoms with E-state index in [0.717, 1.165) is 11.1 Å². The van der Waals surface area contributed by atoms with E-state index in [1.807, 2.05) is 19.9 Å². The van der Waals surface area contributed by atoms with Crippen LogP contribution in [0.3, 0.4) is 0 Å². The van der Waals surface area contributed by atoms with Gasteiger partial charge in [0.15, 0.2) is 0 Å². The fourth-order valence-corrected chi connectivity index (χ4v) is 2.58. The zero-order valence-electron chi connectivity index (χ0n) is 14.5. The predicted molar refractivity (Wildman–Crippen MR) is 103 cm³/mol. The number of anilines is 2. The standard InChI is InChI=1S/C18H20Cl2N2O3/c1-10-5-14(16(24-3)7-12(10)19)21-9-18(23)22-15-6-11(2)13(20)8-17(15)25-4/h5-8,21H,9H2,1-4H3,(H,22,23). The number of aryl methyl sites for hydroxylation is 2. The van der Waals surface area contributed by atoms with Crippen LogP contribution in [0, 0.1) is 13.8 Å². The Hall–Kier alpha value is -2.11. The fraction of sp³-hybridized carbons (Fsp3) is 0.278. The third kappa shape index (κ3) is 4.71. The molecule has 134 valence electrons. The summed E-state index contributed by atoms with van der Waals surface area (Å²) in [6.45, 7) is 3.80. The van der Waals surface area contributed by atoms with Crippen LogP contribution < -0.4 is 20.1 Å². The summed E-state index contributed by atoms with van der Waals surface area (Å²) in [4.78, 5) is 12.3. The van der Waals surface area contributed by atoms with Gasteiger partial charge in [0.1, 0.15) is 11.5 Å². The zero-order chi connectivity index (χ0) is 18.6. The Labute approximate surface area is 157 Å². The molecular formula is C18H20Cl2N2O3. The van der Waals surface area contributed by atoms with Crippen LogP contribution in [0.15, 0.2) is 24.3 Å². The van der Waals surface area contributed by atoms with Crippen LogP contribution in [0.4, 0.5) is 11.4 Å². The molecule has 0 atom stereocenters. The monoisotopic (exact) mass is 382 g/mol. The summed E-state index contributed by atoms with van der Waals surface area (Å²) in [5.74, 6) is 0.849. The SMILES string of the molecule is COc1cc(Cl)c(C)cc1NCC(=O)Nc1cc(C)c(Cl)cc1OC. The molecule has 2 aromatic rings. The number of methoxy groups -OCH3 is 2. The number of carbonyl (C=O) groups excluding carboxylic acids is 1. The zero-order valence-corrected chi connectivity index (χ0v) is 16.0. The minimum Gasteiger partial charge on any atom is -0.495 e. The van der Waals surface area contributed by atoms with Crippen LogP contribution in [0.2, 0.25) is 10.0 Å². The van der Waals surface area contributed by atoms with Crippen LogP contribution in [0.5, 0.6) is 11.5 Å². The van der Waals surface area contributed by atoms with E-state index in [2.05, 4.69) is 10.6 Å². The highest BCUT2D eigenvalue weighted by molar-refractivity contribution is 6.32. The van der Waals surface area contributed by atoms with Gasteiger partial charge in [-0.25, -0.2) is 0 Å². The molecule has 0 saturated heterocycles. The van der Waals surface area contributed by atoms with E-state index in [1.165, 1.54) is 7.11 Å². The van der Waals surface area contributed by atoms with E-state index in [4.69, 9.17) is 32.7 Å². The van der Waals surface area contributed by atoms with Gasteiger partial charge < -0.3 is 20.1 Å². The van der Waals surface area contributed by atoms with Crippen LogP contribution >= 0.6 is 23.2 Å². The molecule has 0 bridgehead atoms. The van der Waals surface area contributed by atoms with Crippen molar-refractivity contribution in [2.75, 3.05) is 31.4 Å². The first-order valence-corrected chi connectivity index (χ1v) is 8.33. The van der Waals surface area contributed by atoms with Crippen molar-refractivity contribution in [3.63, 3.8) is 0 Å². The van der Waals surface area contributed by atoms with Gasteiger partial charge in [0, 0.05) is 22.2 Å². The maximum Gasteiger partial charge on any atom is 0.243 e. The molecule has 0 aliphatic carbocycles. The average Bonchev–Trinajstić information content (AvgIpc) is 2.58. The van der Waals surface area contributed by atoms with E-state index in [1.54, 1.807) is 25.3 Å². The minimum absolute atomic E-state index is 0.0578. The Morgan fingerprint density at radius 1 is 0.920 bits per heavy atom. The number of rotatable bonds is 6. The van der Waals surface area contributed by atoms with Crippen molar-refractivity contribution in [2.45, 2.75) is 13.8 Å². The number of benzene rings is 2. The average molecular weight is 383 g/mol. The maximum absolute atomic E-state index is 12.3.